The highest BCUT2D eigenvalue weighted by molar-refractivity contribution is 4.84. The van der Waals surface area contributed by atoms with Crippen molar-refractivity contribution in [1.82, 2.24) is 5.32 Å². The molecular weight excluding hydrogens is 134 g/mol. The van der Waals surface area contributed by atoms with E-state index < -0.39 is 0 Å². The maximum atomic E-state index is 3.56. The van der Waals surface area contributed by atoms with Crippen LogP contribution in [0.2, 0.25) is 0 Å². The SMILES string of the molecule is CCC1C(C)NCC(C)C1C. The molecule has 66 valence electrons. The van der Waals surface area contributed by atoms with Crippen LogP contribution in [0, 0.1) is 17.8 Å². The molecule has 0 aromatic rings. The van der Waals surface area contributed by atoms with E-state index in [1.54, 1.807) is 0 Å². The Morgan fingerprint density at radius 1 is 1.27 bits per heavy atom. The lowest BCUT2D eigenvalue weighted by molar-refractivity contribution is 0.150. The van der Waals surface area contributed by atoms with Crippen LogP contribution in [0.1, 0.15) is 34.1 Å². The van der Waals surface area contributed by atoms with Crippen LogP contribution >= 0.6 is 0 Å². The molecule has 1 N–H and O–H groups in total. The van der Waals surface area contributed by atoms with Gasteiger partial charge in [-0.3, -0.25) is 0 Å². The Morgan fingerprint density at radius 3 is 2.36 bits per heavy atom. The van der Waals surface area contributed by atoms with Crippen molar-refractivity contribution in [1.29, 1.82) is 0 Å². The number of piperidine rings is 1. The number of rotatable bonds is 1. The summed E-state index contributed by atoms with van der Waals surface area (Å²) in [5, 5.41) is 3.56. The van der Waals surface area contributed by atoms with E-state index in [0.29, 0.717) is 0 Å². The van der Waals surface area contributed by atoms with Crippen LogP contribution in [0.25, 0.3) is 0 Å². The van der Waals surface area contributed by atoms with E-state index in [-0.39, 0.29) is 0 Å². The number of hydrogen-bond donors (Lipinski definition) is 1. The average molecular weight is 155 g/mol. The van der Waals surface area contributed by atoms with Gasteiger partial charge in [-0.25, -0.2) is 0 Å². The van der Waals surface area contributed by atoms with Gasteiger partial charge in [0, 0.05) is 6.04 Å². The van der Waals surface area contributed by atoms with Crippen LogP contribution in [0.4, 0.5) is 0 Å². The minimum absolute atomic E-state index is 0.728. The fourth-order valence-corrected chi connectivity index (χ4v) is 2.31. The number of hydrogen-bond acceptors (Lipinski definition) is 1. The van der Waals surface area contributed by atoms with E-state index in [4.69, 9.17) is 0 Å². The highest BCUT2D eigenvalue weighted by Gasteiger charge is 2.30. The summed E-state index contributed by atoms with van der Waals surface area (Å²) in [6.07, 6.45) is 1.32. The summed E-state index contributed by atoms with van der Waals surface area (Å²) in [5.41, 5.74) is 0. The second-order valence-corrected chi connectivity index (χ2v) is 4.11. The molecule has 1 heteroatoms. The van der Waals surface area contributed by atoms with Crippen LogP contribution in [0.15, 0.2) is 0 Å². The summed E-state index contributed by atoms with van der Waals surface area (Å²) >= 11 is 0. The van der Waals surface area contributed by atoms with Crippen LogP contribution in [-0.4, -0.2) is 12.6 Å². The molecule has 0 saturated carbocycles. The minimum Gasteiger partial charge on any atom is -0.314 e. The smallest absolute Gasteiger partial charge is 0.00696 e. The third-order valence-electron chi connectivity index (χ3n) is 3.45. The van der Waals surface area contributed by atoms with Crippen molar-refractivity contribution in [3.63, 3.8) is 0 Å². The van der Waals surface area contributed by atoms with E-state index >= 15 is 0 Å². The molecule has 4 unspecified atom stereocenters. The van der Waals surface area contributed by atoms with Gasteiger partial charge in [-0.1, -0.05) is 27.2 Å². The molecule has 1 fully saturated rings. The molecule has 1 heterocycles. The third kappa shape index (κ3) is 1.76. The van der Waals surface area contributed by atoms with Gasteiger partial charge >= 0.3 is 0 Å². The van der Waals surface area contributed by atoms with Crippen molar-refractivity contribution in [2.24, 2.45) is 17.8 Å². The van der Waals surface area contributed by atoms with Gasteiger partial charge < -0.3 is 5.32 Å². The fourth-order valence-electron chi connectivity index (χ4n) is 2.31. The van der Waals surface area contributed by atoms with Crippen molar-refractivity contribution >= 4 is 0 Å². The summed E-state index contributed by atoms with van der Waals surface area (Å²) in [6.45, 7) is 10.6. The van der Waals surface area contributed by atoms with Crippen LogP contribution in [0.5, 0.6) is 0 Å². The van der Waals surface area contributed by atoms with E-state index in [1.807, 2.05) is 0 Å². The second kappa shape index (κ2) is 3.57. The van der Waals surface area contributed by atoms with Crippen LogP contribution in [0.3, 0.4) is 0 Å². The molecular formula is C10H21N. The molecule has 11 heavy (non-hydrogen) atoms. The molecule has 0 aromatic carbocycles. The zero-order valence-electron chi connectivity index (χ0n) is 8.22. The summed E-state index contributed by atoms with van der Waals surface area (Å²) < 4.78 is 0. The van der Waals surface area contributed by atoms with Gasteiger partial charge in [0.25, 0.3) is 0 Å². The van der Waals surface area contributed by atoms with Gasteiger partial charge in [0.15, 0.2) is 0 Å². The van der Waals surface area contributed by atoms with E-state index in [2.05, 4.69) is 33.0 Å². The molecule has 0 aliphatic carbocycles. The van der Waals surface area contributed by atoms with E-state index in [0.717, 1.165) is 23.8 Å². The zero-order valence-corrected chi connectivity index (χ0v) is 8.22. The average Bonchev–Trinajstić information content (AvgIpc) is 1.99. The van der Waals surface area contributed by atoms with Crippen LogP contribution in [-0.2, 0) is 0 Å². The monoisotopic (exact) mass is 155 g/mol. The van der Waals surface area contributed by atoms with Gasteiger partial charge in [0.05, 0.1) is 0 Å². The minimum atomic E-state index is 0.728. The molecule has 1 saturated heterocycles. The predicted octanol–water partition coefficient (Wildman–Crippen LogP) is 2.28. The van der Waals surface area contributed by atoms with E-state index in [1.165, 1.54) is 13.0 Å². The van der Waals surface area contributed by atoms with Crippen molar-refractivity contribution < 1.29 is 0 Å². The molecule has 1 rings (SSSR count). The highest BCUT2D eigenvalue weighted by Crippen LogP contribution is 2.29. The normalized spacial score (nSPS) is 45.8. The maximum absolute atomic E-state index is 3.56. The lowest BCUT2D eigenvalue weighted by Crippen LogP contribution is -2.47. The van der Waals surface area contributed by atoms with Gasteiger partial charge in [-0.05, 0) is 31.2 Å². The molecule has 1 aliphatic heterocycles. The summed E-state index contributed by atoms with van der Waals surface area (Å²) in [5.74, 6) is 2.64. The van der Waals surface area contributed by atoms with Gasteiger partial charge in [0.1, 0.15) is 0 Å². The molecule has 1 aliphatic rings. The van der Waals surface area contributed by atoms with Crippen LogP contribution < -0.4 is 5.32 Å². The molecule has 0 spiro atoms. The maximum Gasteiger partial charge on any atom is 0.00696 e. The Balaban J connectivity index is 2.55. The summed E-state index contributed by atoms with van der Waals surface area (Å²) in [4.78, 5) is 0. The number of nitrogens with one attached hydrogen (secondary N) is 1. The van der Waals surface area contributed by atoms with Crippen molar-refractivity contribution in [3.8, 4) is 0 Å². The quantitative estimate of drug-likeness (QED) is 0.612. The Morgan fingerprint density at radius 2 is 1.91 bits per heavy atom. The molecule has 4 atom stereocenters. The fraction of sp³-hybridized carbons (Fsp3) is 1.00. The zero-order chi connectivity index (χ0) is 8.43. The topological polar surface area (TPSA) is 12.0 Å². The first-order chi connectivity index (χ1) is 5.16. The predicted molar refractivity (Wildman–Crippen MR) is 49.6 cm³/mol. The standard InChI is InChI=1S/C10H21N/c1-5-10-8(3)7(2)6-11-9(10)4/h7-11H,5-6H2,1-4H3. The summed E-state index contributed by atoms with van der Waals surface area (Å²) in [7, 11) is 0. The Kier molecular flexibility index (Phi) is 2.94. The van der Waals surface area contributed by atoms with Gasteiger partial charge in [-0.2, -0.15) is 0 Å². The lowest BCUT2D eigenvalue weighted by atomic mass is 9.75. The third-order valence-corrected chi connectivity index (χ3v) is 3.45. The lowest BCUT2D eigenvalue weighted by Gasteiger charge is -2.39. The summed E-state index contributed by atoms with van der Waals surface area (Å²) in [6, 6.07) is 0.728. The first-order valence-electron chi connectivity index (χ1n) is 4.90. The molecule has 0 aromatic heterocycles. The highest BCUT2D eigenvalue weighted by atomic mass is 14.9. The Bertz CT molecular complexity index is 122. The molecule has 0 bridgehead atoms. The molecule has 0 radical (unpaired) electrons. The van der Waals surface area contributed by atoms with E-state index in [9.17, 15) is 0 Å². The second-order valence-electron chi connectivity index (χ2n) is 4.11. The first kappa shape index (κ1) is 9.05. The molecule has 0 amide bonds. The Hall–Kier alpha value is -0.0400. The molecule has 1 nitrogen and oxygen atoms in total. The van der Waals surface area contributed by atoms with Crippen molar-refractivity contribution in [3.05, 3.63) is 0 Å². The van der Waals surface area contributed by atoms with Gasteiger partial charge in [-0.15, -0.1) is 0 Å². The largest absolute Gasteiger partial charge is 0.314 e. The van der Waals surface area contributed by atoms with Crippen molar-refractivity contribution in [2.75, 3.05) is 6.54 Å². The van der Waals surface area contributed by atoms with Crippen molar-refractivity contribution in [2.45, 2.75) is 40.2 Å². The van der Waals surface area contributed by atoms with Gasteiger partial charge in [0.2, 0.25) is 0 Å². The Labute approximate surface area is 70.6 Å². The first-order valence-corrected chi connectivity index (χ1v) is 4.90.